The van der Waals surface area contributed by atoms with Crippen LogP contribution in [0.4, 0.5) is 5.69 Å². The lowest BCUT2D eigenvalue weighted by molar-refractivity contribution is -0.664. The minimum Gasteiger partial charge on any atom is -0.744 e. The highest BCUT2D eigenvalue weighted by atomic mass is 32.2. The van der Waals surface area contributed by atoms with Crippen LogP contribution in [0.25, 0.3) is 37.8 Å². The Morgan fingerprint density at radius 1 is 0.789 bits per heavy atom. The lowest BCUT2D eigenvalue weighted by atomic mass is 9.69. The van der Waals surface area contributed by atoms with Crippen molar-refractivity contribution in [3.05, 3.63) is 159 Å². The predicted octanol–water partition coefficient (Wildman–Crippen LogP) is 12.3. The van der Waals surface area contributed by atoms with Crippen molar-refractivity contribution in [3.63, 3.8) is 0 Å². The SMILES string of the molecule is CCN1/C(=C/C2=CC3=CC4=C/C(=C/c5sc6ccc7ccccc7c6[n+]5CC)CCC4CC3CC2)Sc2ccc3ccccc3c21.Cc1ccc(S(=O)(=O)[O-])cc1. The Morgan fingerprint density at radius 2 is 1.47 bits per heavy atom. The average molecular weight is 807 g/mol. The Labute approximate surface area is 344 Å². The van der Waals surface area contributed by atoms with Crippen molar-refractivity contribution in [3.8, 4) is 0 Å². The van der Waals surface area contributed by atoms with Crippen molar-refractivity contribution in [2.24, 2.45) is 11.8 Å². The molecular formula is C49H46N2O3S3. The van der Waals surface area contributed by atoms with E-state index in [1.165, 1.54) is 108 Å². The fourth-order valence-corrected chi connectivity index (χ4v) is 11.9. The van der Waals surface area contributed by atoms with E-state index in [2.05, 4.69) is 126 Å². The maximum absolute atomic E-state index is 10.4. The van der Waals surface area contributed by atoms with Crippen LogP contribution in [0.3, 0.4) is 0 Å². The van der Waals surface area contributed by atoms with Crippen molar-refractivity contribution in [2.75, 3.05) is 11.4 Å². The predicted molar refractivity (Wildman–Crippen MR) is 238 cm³/mol. The summed E-state index contributed by atoms with van der Waals surface area (Å²) in [6.07, 6.45) is 18.8. The number of anilines is 1. The van der Waals surface area contributed by atoms with E-state index in [-0.39, 0.29) is 4.90 Å². The van der Waals surface area contributed by atoms with Gasteiger partial charge in [0.15, 0.2) is 0 Å². The summed E-state index contributed by atoms with van der Waals surface area (Å²) < 4.78 is 35.1. The second kappa shape index (κ2) is 15.6. The van der Waals surface area contributed by atoms with Crippen LogP contribution in [0, 0.1) is 18.8 Å². The van der Waals surface area contributed by atoms with Crippen molar-refractivity contribution >= 4 is 76.7 Å². The third kappa shape index (κ3) is 7.45. The Hall–Kier alpha value is -4.73. The Balaban J connectivity index is 0.000000335. The number of nitrogens with zero attached hydrogens (tertiary/aromatic N) is 2. The standard InChI is InChI=1S/C42H39N2S2.C7H8O3S/c1-3-43-39(45-37-19-17-29-9-5-7-11-35(29)41(37)43)23-27-13-15-31-25-32-16-14-28(22-34(32)26-33(31)21-27)24-40-44(4-2)42-36-12-8-6-10-30(36)18-20-38(42)46-40;1-6-2-4-7(5-3-6)11(8,9)10/h5-12,17-24,26,31-32H,3-4,13-16,25H2,1-2H3;2-5H,1H3,(H,8,9,10)/q+1;/p-1. The first-order valence-electron chi connectivity index (χ1n) is 20.1. The molecule has 3 aliphatic carbocycles. The molecule has 57 heavy (non-hydrogen) atoms. The molecule has 0 N–H and O–H groups in total. The summed E-state index contributed by atoms with van der Waals surface area (Å²) in [6.45, 7) is 8.35. The number of rotatable bonds is 5. The van der Waals surface area contributed by atoms with Gasteiger partial charge in [-0.25, -0.2) is 8.42 Å². The third-order valence-corrected chi connectivity index (χ3v) is 14.9. The van der Waals surface area contributed by atoms with Crippen LogP contribution in [0.15, 0.2) is 158 Å². The van der Waals surface area contributed by atoms with Gasteiger partial charge in [-0.2, -0.15) is 4.57 Å². The summed E-state index contributed by atoms with van der Waals surface area (Å²) in [5, 5.41) is 8.10. The molecule has 4 aliphatic rings. The van der Waals surface area contributed by atoms with Crippen LogP contribution in [0.5, 0.6) is 0 Å². The summed E-state index contributed by atoms with van der Waals surface area (Å²) in [6, 6.07) is 32.6. The topological polar surface area (TPSA) is 64.3 Å². The molecule has 5 nitrogen and oxygen atoms in total. The number of aromatic nitrogens is 1. The molecule has 5 aromatic carbocycles. The highest BCUT2D eigenvalue weighted by molar-refractivity contribution is 8.03. The van der Waals surface area contributed by atoms with E-state index < -0.39 is 10.1 Å². The van der Waals surface area contributed by atoms with Crippen molar-refractivity contribution in [1.29, 1.82) is 0 Å². The molecule has 1 aromatic heterocycles. The van der Waals surface area contributed by atoms with Crippen LogP contribution in [0.1, 0.15) is 56.5 Å². The van der Waals surface area contributed by atoms with Gasteiger partial charge >= 0.3 is 0 Å². The van der Waals surface area contributed by atoms with Gasteiger partial charge < -0.3 is 9.45 Å². The van der Waals surface area contributed by atoms with Crippen LogP contribution < -0.4 is 9.47 Å². The molecule has 0 fully saturated rings. The van der Waals surface area contributed by atoms with Crippen LogP contribution in [0.2, 0.25) is 0 Å². The van der Waals surface area contributed by atoms with Crippen molar-refractivity contribution < 1.29 is 17.5 Å². The minimum absolute atomic E-state index is 0.178. The maximum atomic E-state index is 10.4. The molecule has 10 rings (SSSR count). The first kappa shape index (κ1) is 37.8. The monoisotopic (exact) mass is 806 g/mol. The highest BCUT2D eigenvalue weighted by Gasteiger charge is 2.32. The molecule has 0 spiro atoms. The number of hydrogen-bond donors (Lipinski definition) is 0. The number of aryl methyl sites for hydroxylation is 2. The normalized spacial score (nSPS) is 20.5. The lowest BCUT2D eigenvalue weighted by Crippen LogP contribution is -2.33. The Morgan fingerprint density at radius 3 is 2.21 bits per heavy atom. The van der Waals surface area contributed by atoms with Gasteiger partial charge in [0.25, 0.3) is 5.01 Å². The van der Waals surface area contributed by atoms with Gasteiger partial charge in [0.2, 0.25) is 5.52 Å². The van der Waals surface area contributed by atoms with Gasteiger partial charge in [-0.05, 0) is 134 Å². The molecule has 0 saturated carbocycles. The lowest BCUT2D eigenvalue weighted by Gasteiger charge is -2.36. The van der Waals surface area contributed by atoms with E-state index in [4.69, 9.17) is 0 Å². The van der Waals surface area contributed by atoms with E-state index in [1.807, 2.05) is 30.0 Å². The molecular weight excluding hydrogens is 761 g/mol. The summed E-state index contributed by atoms with van der Waals surface area (Å²) in [5.74, 6) is 1.40. The Bertz CT molecular complexity index is 2820. The second-order valence-electron chi connectivity index (χ2n) is 15.5. The van der Waals surface area contributed by atoms with Crippen LogP contribution in [-0.4, -0.2) is 19.5 Å². The van der Waals surface area contributed by atoms with Crippen molar-refractivity contribution in [2.45, 2.75) is 69.2 Å². The number of hydrogen-bond acceptors (Lipinski definition) is 6. The van der Waals surface area contributed by atoms with E-state index in [1.54, 1.807) is 23.3 Å². The number of benzene rings is 5. The van der Waals surface area contributed by atoms with Gasteiger partial charge in [0.1, 0.15) is 21.4 Å². The zero-order valence-corrected chi connectivity index (χ0v) is 35.0. The largest absolute Gasteiger partial charge is 0.744 e. The number of fused-ring (bicyclic) bond motifs is 8. The number of thiazole rings is 1. The van der Waals surface area contributed by atoms with Crippen LogP contribution in [-0.2, 0) is 16.7 Å². The minimum atomic E-state index is -4.27. The molecule has 6 aromatic rings. The summed E-state index contributed by atoms with van der Waals surface area (Å²) in [7, 11) is -4.27. The molecule has 8 heteroatoms. The first-order chi connectivity index (χ1) is 27.7. The molecule has 2 heterocycles. The van der Waals surface area contributed by atoms with Gasteiger partial charge in [-0.15, -0.1) is 0 Å². The smallest absolute Gasteiger partial charge is 0.263 e. The molecule has 0 bridgehead atoms. The summed E-state index contributed by atoms with van der Waals surface area (Å²) in [5.41, 5.74) is 9.75. The molecule has 288 valence electrons. The zero-order chi connectivity index (χ0) is 39.3. The van der Waals surface area contributed by atoms with Crippen molar-refractivity contribution in [1.82, 2.24) is 0 Å². The summed E-state index contributed by atoms with van der Waals surface area (Å²) >= 11 is 3.88. The summed E-state index contributed by atoms with van der Waals surface area (Å²) in [4.78, 5) is 3.73. The highest BCUT2D eigenvalue weighted by Crippen LogP contribution is 2.51. The number of allylic oxidation sites excluding steroid dienone is 8. The van der Waals surface area contributed by atoms with E-state index in [0.29, 0.717) is 11.8 Å². The second-order valence-corrected chi connectivity index (χ2v) is 19.0. The van der Waals surface area contributed by atoms with E-state index >= 15 is 0 Å². The maximum Gasteiger partial charge on any atom is 0.263 e. The van der Waals surface area contributed by atoms with Gasteiger partial charge in [-0.3, -0.25) is 0 Å². The van der Waals surface area contributed by atoms with Gasteiger partial charge in [0, 0.05) is 22.9 Å². The van der Waals surface area contributed by atoms with Gasteiger partial charge in [0.05, 0.1) is 21.0 Å². The van der Waals surface area contributed by atoms with E-state index in [0.717, 1.165) is 18.7 Å². The number of thioether (sulfide) groups is 1. The zero-order valence-electron chi connectivity index (χ0n) is 32.6. The average Bonchev–Trinajstić information content (AvgIpc) is 3.77. The van der Waals surface area contributed by atoms with E-state index in [9.17, 15) is 13.0 Å². The molecule has 0 amide bonds. The molecule has 2 unspecified atom stereocenters. The quantitative estimate of drug-likeness (QED) is 0.128. The fraction of sp³-hybridized carbons (Fsp3) is 0.245. The molecule has 0 saturated heterocycles. The third-order valence-electron chi connectivity index (χ3n) is 11.9. The molecule has 2 atom stereocenters. The van der Waals surface area contributed by atoms with Gasteiger partial charge in [-0.1, -0.05) is 114 Å². The molecule has 0 radical (unpaired) electrons. The first-order valence-corrected chi connectivity index (χ1v) is 23.1. The Kier molecular flexibility index (Phi) is 10.3. The molecule has 1 aliphatic heterocycles. The fourth-order valence-electron chi connectivity index (χ4n) is 9.03. The van der Waals surface area contributed by atoms with Crippen LogP contribution >= 0.6 is 23.1 Å².